The first-order chi connectivity index (χ1) is 22.1. The van der Waals surface area contributed by atoms with Crippen LogP contribution in [0.5, 0.6) is 11.6 Å². The number of ether oxygens (including phenoxy) is 3. The summed E-state index contributed by atoms with van der Waals surface area (Å²) in [6, 6.07) is 13.2. The Kier molecular flexibility index (Phi) is 7.44. The monoisotopic (exact) mass is 622 g/mol. The molecular formula is C34H38N8O4. The molecule has 4 aliphatic rings. The van der Waals surface area contributed by atoms with Gasteiger partial charge in [-0.1, -0.05) is 6.07 Å². The van der Waals surface area contributed by atoms with E-state index in [-0.39, 0.29) is 0 Å². The van der Waals surface area contributed by atoms with Gasteiger partial charge in [0.2, 0.25) is 5.88 Å². The Hall–Kier alpha value is -4.89. The molecule has 238 valence electrons. The summed E-state index contributed by atoms with van der Waals surface area (Å²) in [7, 11) is 1.63. The fourth-order valence-electron chi connectivity index (χ4n) is 6.38. The molecule has 3 saturated heterocycles. The number of fused-ring (bicyclic) bond motifs is 3. The number of nitrogens with zero attached hydrogens (tertiary/aromatic N) is 7. The maximum Gasteiger partial charge on any atom is 0.408 e. The van der Waals surface area contributed by atoms with Gasteiger partial charge in [0.25, 0.3) is 0 Å². The lowest BCUT2D eigenvalue weighted by atomic mass is 9.87. The van der Waals surface area contributed by atoms with Gasteiger partial charge < -0.3 is 24.4 Å². The zero-order valence-electron chi connectivity index (χ0n) is 26.6. The third kappa shape index (κ3) is 6.02. The van der Waals surface area contributed by atoms with E-state index in [0.29, 0.717) is 41.4 Å². The molecule has 1 amide bonds. The lowest BCUT2D eigenvalue weighted by Crippen LogP contribution is -2.68. The minimum Gasteiger partial charge on any atom is -0.490 e. The van der Waals surface area contributed by atoms with Gasteiger partial charge in [-0.3, -0.25) is 4.90 Å². The van der Waals surface area contributed by atoms with E-state index in [9.17, 15) is 10.1 Å². The topological polar surface area (TPSA) is 130 Å². The van der Waals surface area contributed by atoms with E-state index in [1.165, 1.54) is 12.0 Å². The highest BCUT2D eigenvalue weighted by molar-refractivity contribution is 5.85. The van der Waals surface area contributed by atoms with Gasteiger partial charge in [0.1, 0.15) is 29.8 Å². The van der Waals surface area contributed by atoms with E-state index in [0.717, 1.165) is 49.4 Å². The van der Waals surface area contributed by atoms with Crippen molar-refractivity contribution in [3.05, 3.63) is 66.2 Å². The van der Waals surface area contributed by atoms with E-state index >= 15 is 0 Å². The second-order valence-electron chi connectivity index (χ2n) is 13.5. The molecule has 8 rings (SSSR count). The van der Waals surface area contributed by atoms with Crippen LogP contribution in [0.15, 0.2) is 55.1 Å². The van der Waals surface area contributed by atoms with Crippen molar-refractivity contribution in [2.45, 2.75) is 69.8 Å². The number of piperazine rings is 1. The number of rotatable bonds is 9. The number of pyridine rings is 3. The average Bonchev–Trinajstić information content (AvgIpc) is 3.68. The number of carbonyl (C=O) groups excluding carboxylic acids is 1. The standard InChI is InChI=1S/C34H38N8O4/c1-33(2,3)46-32(43)39-34(9-10-34)21-45-27-12-28(31-24(13-35)16-38-42(31)20-27)23-6-7-29(36-15-23)40-18-25-11-26(19-40)41(25)17-22-5-8-30(44-4)37-14-22/h5-8,12,14-16,20,25-26H,9-11,17-19,21H2,1-4H3,(H,39,43). The molecule has 7 heterocycles. The first kappa shape index (κ1) is 29.8. The Bertz CT molecular complexity index is 1780. The van der Waals surface area contributed by atoms with Crippen LogP contribution < -0.4 is 19.7 Å². The number of methoxy groups -OCH3 is 1. The van der Waals surface area contributed by atoms with Crippen molar-refractivity contribution in [1.29, 1.82) is 5.26 Å². The summed E-state index contributed by atoms with van der Waals surface area (Å²) in [5.74, 6) is 2.15. The number of aromatic nitrogens is 4. The van der Waals surface area contributed by atoms with Crippen LogP contribution in [0.3, 0.4) is 0 Å². The predicted octanol–water partition coefficient (Wildman–Crippen LogP) is 4.57. The van der Waals surface area contributed by atoms with Gasteiger partial charge >= 0.3 is 6.09 Å². The summed E-state index contributed by atoms with van der Waals surface area (Å²) in [4.78, 5) is 26.5. The molecule has 2 atom stereocenters. The van der Waals surface area contributed by atoms with Gasteiger partial charge in [-0.05, 0) is 63.8 Å². The third-order valence-corrected chi connectivity index (χ3v) is 8.94. The molecule has 4 aromatic rings. The Balaban J connectivity index is 1.05. The molecule has 0 spiro atoms. The van der Waals surface area contributed by atoms with E-state index < -0.39 is 17.2 Å². The highest BCUT2D eigenvalue weighted by Crippen LogP contribution is 2.38. The second kappa shape index (κ2) is 11.5. The van der Waals surface area contributed by atoms with Crippen LogP contribution in [0.2, 0.25) is 0 Å². The molecule has 0 aromatic carbocycles. The molecule has 2 unspecified atom stereocenters. The lowest BCUT2D eigenvalue weighted by Gasteiger charge is -2.56. The van der Waals surface area contributed by atoms with Crippen LogP contribution in [0, 0.1) is 11.3 Å². The minimum absolute atomic E-state index is 0.296. The van der Waals surface area contributed by atoms with Gasteiger partial charge in [0, 0.05) is 61.3 Å². The van der Waals surface area contributed by atoms with Crippen molar-refractivity contribution in [2.24, 2.45) is 0 Å². The van der Waals surface area contributed by atoms with Crippen molar-refractivity contribution in [3.63, 3.8) is 0 Å². The summed E-state index contributed by atoms with van der Waals surface area (Å²) in [6.07, 6.45) is 9.43. The molecule has 3 aliphatic heterocycles. The van der Waals surface area contributed by atoms with Gasteiger partial charge in [0.15, 0.2) is 0 Å². The number of alkyl carbamates (subject to hydrolysis) is 1. The molecule has 12 heteroatoms. The number of hydrogen-bond acceptors (Lipinski definition) is 10. The highest BCUT2D eigenvalue weighted by Gasteiger charge is 2.46. The SMILES string of the molecule is COc1ccc(CN2C3CC2CN(c2ccc(-c4cc(OCC5(NC(=O)OC(C)(C)C)CC5)cn5ncc(C#N)c45)cn2)C3)cn1. The van der Waals surface area contributed by atoms with E-state index in [1.54, 1.807) is 24.0 Å². The molecule has 4 fully saturated rings. The smallest absolute Gasteiger partial charge is 0.408 e. The van der Waals surface area contributed by atoms with E-state index in [4.69, 9.17) is 19.2 Å². The second-order valence-corrected chi connectivity index (χ2v) is 13.5. The Morgan fingerprint density at radius 2 is 1.91 bits per heavy atom. The summed E-state index contributed by atoms with van der Waals surface area (Å²) < 4.78 is 18.5. The van der Waals surface area contributed by atoms with Gasteiger partial charge in [-0.2, -0.15) is 10.4 Å². The molecule has 0 radical (unpaired) electrons. The largest absolute Gasteiger partial charge is 0.490 e. The first-order valence-electron chi connectivity index (χ1n) is 15.6. The number of amides is 1. The number of piperidine rings is 1. The number of hydrogen-bond donors (Lipinski definition) is 1. The number of nitrogens with one attached hydrogen (secondary N) is 1. The van der Waals surface area contributed by atoms with Crippen molar-refractivity contribution < 1.29 is 19.0 Å². The van der Waals surface area contributed by atoms with Crippen molar-refractivity contribution in [3.8, 4) is 28.8 Å². The van der Waals surface area contributed by atoms with Crippen LogP contribution in [0.4, 0.5) is 10.6 Å². The van der Waals surface area contributed by atoms with E-state index in [1.807, 2.05) is 57.4 Å². The normalized spacial score (nSPS) is 20.0. The van der Waals surface area contributed by atoms with Crippen LogP contribution in [-0.2, 0) is 11.3 Å². The highest BCUT2D eigenvalue weighted by atomic mass is 16.6. The zero-order valence-corrected chi connectivity index (χ0v) is 26.6. The fourth-order valence-corrected chi connectivity index (χ4v) is 6.38. The molecule has 46 heavy (non-hydrogen) atoms. The van der Waals surface area contributed by atoms with Gasteiger partial charge in [-0.25, -0.2) is 19.3 Å². The molecular weight excluding hydrogens is 584 g/mol. The summed E-state index contributed by atoms with van der Waals surface area (Å²) in [5, 5.41) is 17.2. The van der Waals surface area contributed by atoms with Crippen LogP contribution >= 0.6 is 0 Å². The number of anilines is 1. The fraction of sp³-hybridized carbons (Fsp3) is 0.441. The molecule has 12 nitrogen and oxygen atoms in total. The van der Waals surface area contributed by atoms with Crippen molar-refractivity contribution in [1.82, 2.24) is 29.8 Å². The zero-order chi connectivity index (χ0) is 32.1. The molecule has 2 bridgehead atoms. The maximum atomic E-state index is 12.4. The van der Waals surface area contributed by atoms with Crippen LogP contribution in [0.1, 0.15) is 51.2 Å². The Morgan fingerprint density at radius 3 is 2.54 bits per heavy atom. The van der Waals surface area contributed by atoms with E-state index in [2.05, 4.69) is 37.3 Å². The summed E-state index contributed by atoms with van der Waals surface area (Å²) >= 11 is 0. The minimum atomic E-state index is -0.576. The molecule has 1 aliphatic carbocycles. The maximum absolute atomic E-state index is 12.4. The van der Waals surface area contributed by atoms with Crippen molar-refractivity contribution >= 4 is 17.4 Å². The van der Waals surface area contributed by atoms with Crippen LogP contribution in [0.25, 0.3) is 16.6 Å². The van der Waals surface area contributed by atoms with Crippen molar-refractivity contribution in [2.75, 3.05) is 31.7 Å². The molecule has 1 saturated carbocycles. The first-order valence-corrected chi connectivity index (χ1v) is 15.6. The molecule has 4 aromatic heterocycles. The van der Waals surface area contributed by atoms with Gasteiger partial charge in [-0.15, -0.1) is 0 Å². The Labute approximate surface area is 267 Å². The number of carbonyl (C=O) groups is 1. The Morgan fingerprint density at radius 1 is 1.11 bits per heavy atom. The third-order valence-electron chi connectivity index (χ3n) is 8.94. The molecule has 1 N–H and O–H groups in total. The predicted molar refractivity (Wildman–Crippen MR) is 171 cm³/mol. The average molecular weight is 623 g/mol. The van der Waals surface area contributed by atoms with Crippen LogP contribution in [-0.4, -0.2) is 80.6 Å². The lowest BCUT2D eigenvalue weighted by molar-refractivity contribution is -0.00876. The number of nitriles is 1. The quantitative estimate of drug-likeness (QED) is 0.283. The van der Waals surface area contributed by atoms with Gasteiger partial charge in [0.05, 0.1) is 36.1 Å². The summed E-state index contributed by atoms with van der Waals surface area (Å²) in [6.45, 7) is 8.53. The summed E-state index contributed by atoms with van der Waals surface area (Å²) in [5.41, 5.74) is 2.98.